The molecular formula is C9H14N4O3S. The van der Waals surface area contributed by atoms with Crippen molar-refractivity contribution in [3.63, 3.8) is 0 Å². The molecule has 0 bridgehead atoms. The molecule has 17 heavy (non-hydrogen) atoms. The summed E-state index contributed by atoms with van der Waals surface area (Å²) in [7, 11) is -2.47. The number of aromatic nitrogens is 1. The zero-order valence-corrected chi connectivity index (χ0v) is 10.3. The van der Waals surface area contributed by atoms with Gasteiger partial charge in [0, 0.05) is 13.2 Å². The summed E-state index contributed by atoms with van der Waals surface area (Å²) in [5.74, 6) is -0.442. The summed E-state index contributed by atoms with van der Waals surface area (Å²) < 4.78 is 25.9. The largest absolute Gasteiger partial charge is 0.396 e. The second kappa shape index (κ2) is 5.11. The van der Waals surface area contributed by atoms with Crippen LogP contribution in [-0.2, 0) is 14.8 Å². The van der Waals surface area contributed by atoms with Gasteiger partial charge in [-0.2, -0.15) is 4.72 Å². The second-order valence-electron chi connectivity index (χ2n) is 3.36. The Labute approximate surface area is 99.5 Å². The number of carbonyl (C=O) groups excluding carboxylic acids is 1. The molecule has 1 heterocycles. The third-order valence-electron chi connectivity index (χ3n) is 2.03. The van der Waals surface area contributed by atoms with Crippen molar-refractivity contribution < 1.29 is 13.2 Å². The van der Waals surface area contributed by atoms with Crippen molar-refractivity contribution in [1.29, 1.82) is 0 Å². The first-order valence-corrected chi connectivity index (χ1v) is 6.31. The Morgan fingerprint density at radius 2 is 2.18 bits per heavy atom. The first-order valence-electron chi connectivity index (χ1n) is 4.83. The molecule has 1 aromatic rings. The summed E-state index contributed by atoms with van der Waals surface area (Å²) in [6, 6.07) is 2.05. The highest BCUT2D eigenvalue weighted by Crippen LogP contribution is 2.13. The molecular weight excluding hydrogens is 244 g/mol. The SMILES string of the molecule is CNC(=O)C(C)NS(=O)(=O)c1ncccc1N. The molecule has 94 valence electrons. The van der Waals surface area contributed by atoms with E-state index in [2.05, 4.69) is 15.0 Å². The predicted octanol–water partition coefficient (Wildman–Crippen LogP) is -0.923. The number of amides is 1. The third-order valence-corrected chi connectivity index (χ3v) is 3.54. The summed E-state index contributed by atoms with van der Waals surface area (Å²) in [5.41, 5.74) is 5.54. The lowest BCUT2D eigenvalue weighted by atomic mass is 10.3. The highest BCUT2D eigenvalue weighted by molar-refractivity contribution is 7.89. The van der Waals surface area contributed by atoms with Gasteiger partial charge in [0.15, 0.2) is 5.03 Å². The summed E-state index contributed by atoms with van der Waals surface area (Å²) >= 11 is 0. The number of nitrogens with two attached hydrogens (primary N) is 1. The number of nitrogens with zero attached hydrogens (tertiary/aromatic N) is 1. The minimum absolute atomic E-state index is 0.0316. The van der Waals surface area contributed by atoms with Crippen molar-refractivity contribution in [2.45, 2.75) is 18.0 Å². The average Bonchev–Trinajstić information content (AvgIpc) is 2.27. The van der Waals surface area contributed by atoms with Gasteiger partial charge in [0.1, 0.15) is 0 Å². The van der Waals surface area contributed by atoms with Gasteiger partial charge in [0.2, 0.25) is 5.91 Å². The molecule has 0 radical (unpaired) electrons. The van der Waals surface area contributed by atoms with Crippen LogP contribution in [0.4, 0.5) is 5.69 Å². The van der Waals surface area contributed by atoms with Crippen LogP contribution in [0, 0.1) is 0 Å². The first-order chi connectivity index (χ1) is 7.88. The maximum atomic E-state index is 11.9. The Morgan fingerprint density at radius 3 is 2.71 bits per heavy atom. The molecule has 0 aliphatic carbocycles. The van der Waals surface area contributed by atoms with Crippen LogP contribution in [0.1, 0.15) is 6.92 Å². The molecule has 1 unspecified atom stereocenters. The van der Waals surface area contributed by atoms with Crippen LogP contribution in [0.15, 0.2) is 23.4 Å². The van der Waals surface area contributed by atoms with E-state index >= 15 is 0 Å². The lowest BCUT2D eigenvalue weighted by molar-refractivity contribution is -0.121. The van der Waals surface area contributed by atoms with Gasteiger partial charge < -0.3 is 11.1 Å². The molecule has 0 saturated carbocycles. The maximum Gasteiger partial charge on any atom is 0.260 e. The van der Waals surface area contributed by atoms with Gasteiger partial charge in [-0.15, -0.1) is 0 Å². The Hall–Kier alpha value is -1.67. The van der Waals surface area contributed by atoms with E-state index in [1.807, 2.05) is 0 Å². The normalized spacial score (nSPS) is 13.1. The van der Waals surface area contributed by atoms with Crippen molar-refractivity contribution >= 4 is 21.6 Å². The number of carbonyl (C=O) groups is 1. The summed E-state index contributed by atoms with van der Waals surface area (Å²) in [5, 5.41) is 2.05. The van der Waals surface area contributed by atoms with E-state index in [0.717, 1.165) is 0 Å². The highest BCUT2D eigenvalue weighted by atomic mass is 32.2. The van der Waals surface area contributed by atoms with E-state index in [4.69, 9.17) is 5.73 Å². The molecule has 4 N–H and O–H groups in total. The van der Waals surface area contributed by atoms with Crippen molar-refractivity contribution in [3.8, 4) is 0 Å². The number of pyridine rings is 1. The van der Waals surface area contributed by atoms with Crippen molar-refractivity contribution in [2.24, 2.45) is 0 Å². The number of anilines is 1. The number of nitrogen functional groups attached to an aromatic ring is 1. The van der Waals surface area contributed by atoms with Gasteiger partial charge in [-0.05, 0) is 19.1 Å². The van der Waals surface area contributed by atoms with Crippen LogP contribution < -0.4 is 15.8 Å². The van der Waals surface area contributed by atoms with E-state index in [0.29, 0.717) is 0 Å². The number of sulfonamides is 1. The number of rotatable bonds is 4. The van der Waals surface area contributed by atoms with E-state index in [1.54, 1.807) is 0 Å². The third kappa shape index (κ3) is 3.14. The number of nitrogens with one attached hydrogen (secondary N) is 2. The molecule has 0 saturated heterocycles. The van der Waals surface area contributed by atoms with Gasteiger partial charge in [-0.1, -0.05) is 0 Å². The molecule has 1 amide bonds. The lowest BCUT2D eigenvalue weighted by Crippen LogP contribution is -2.43. The van der Waals surface area contributed by atoms with Crippen molar-refractivity contribution in [3.05, 3.63) is 18.3 Å². The highest BCUT2D eigenvalue weighted by Gasteiger charge is 2.24. The molecule has 0 fully saturated rings. The number of hydrogen-bond acceptors (Lipinski definition) is 5. The van der Waals surface area contributed by atoms with Crippen LogP contribution in [0.3, 0.4) is 0 Å². The fraction of sp³-hybridized carbons (Fsp3) is 0.333. The Kier molecular flexibility index (Phi) is 4.02. The molecule has 1 atom stereocenters. The fourth-order valence-electron chi connectivity index (χ4n) is 1.19. The van der Waals surface area contributed by atoms with Crippen molar-refractivity contribution in [2.75, 3.05) is 12.8 Å². The zero-order chi connectivity index (χ0) is 13.1. The first kappa shape index (κ1) is 13.4. The van der Waals surface area contributed by atoms with Crippen LogP contribution in [0.2, 0.25) is 0 Å². The molecule has 0 spiro atoms. The standard InChI is InChI=1S/C9H14N4O3S/c1-6(8(14)11-2)13-17(15,16)9-7(10)4-3-5-12-9/h3-6,13H,10H2,1-2H3,(H,11,14). The molecule has 0 aromatic carbocycles. The quantitative estimate of drug-likeness (QED) is 0.646. The minimum Gasteiger partial charge on any atom is -0.396 e. The Morgan fingerprint density at radius 1 is 1.53 bits per heavy atom. The Bertz CT molecular complexity index is 515. The molecule has 7 nitrogen and oxygen atoms in total. The second-order valence-corrected chi connectivity index (χ2v) is 4.98. The average molecular weight is 258 g/mol. The Balaban J connectivity index is 2.98. The fourth-order valence-corrected chi connectivity index (χ4v) is 2.45. The van der Waals surface area contributed by atoms with Gasteiger partial charge >= 0.3 is 0 Å². The zero-order valence-electron chi connectivity index (χ0n) is 9.47. The van der Waals surface area contributed by atoms with Crippen LogP contribution in [0.25, 0.3) is 0 Å². The molecule has 0 aliphatic rings. The molecule has 1 aromatic heterocycles. The summed E-state index contributed by atoms with van der Waals surface area (Å²) in [4.78, 5) is 14.9. The lowest BCUT2D eigenvalue weighted by Gasteiger charge is -2.13. The van der Waals surface area contributed by atoms with Gasteiger partial charge in [-0.25, -0.2) is 13.4 Å². The number of hydrogen-bond donors (Lipinski definition) is 3. The van der Waals surface area contributed by atoms with Crippen LogP contribution in [0.5, 0.6) is 0 Å². The smallest absolute Gasteiger partial charge is 0.260 e. The van der Waals surface area contributed by atoms with Gasteiger partial charge in [0.25, 0.3) is 10.0 Å². The molecule has 0 aliphatic heterocycles. The predicted molar refractivity (Wildman–Crippen MR) is 62.5 cm³/mol. The minimum atomic E-state index is -3.89. The van der Waals surface area contributed by atoms with Gasteiger partial charge in [0.05, 0.1) is 11.7 Å². The van der Waals surface area contributed by atoms with E-state index in [9.17, 15) is 13.2 Å². The van der Waals surface area contributed by atoms with E-state index < -0.39 is 22.0 Å². The summed E-state index contributed by atoms with van der Waals surface area (Å²) in [6.45, 7) is 1.43. The maximum absolute atomic E-state index is 11.9. The topological polar surface area (TPSA) is 114 Å². The van der Waals surface area contributed by atoms with E-state index in [-0.39, 0.29) is 10.7 Å². The number of likely N-dealkylation sites (N-methyl/N-ethyl adjacent to an activating group) is 1. The van der Waals surface area contributed by atoms with Gasteiger partial charge in [-0.3, -0.25) is 4.79 Å². The van der Waals surface area contributed by atoms with Crippen molar-refractivity contribution in [1.82, 2.24) is 15.0 Å². The van der Waals surface area contributed by atoms with Crippen LogP contribution >= 0.6 is 0 Å². The monoisotopic (exact) mass is 258 g/mol. The summed E-state index contributed by atoms with van der Waals surface area (Å²) in [6.07, 6.45) is 1.31. The molecule has 8 heteroatoms. The molecule has 1 rings (SSSR count). The van der Waals surface area contributed by atoms with E-state index in [1.165, 1.54) is 32.3 Å². The van der Waals surface area contributed by atoms with Crippen LogP contribution in [-0.4, -0.2) is 32.4 Å².